The van der Waals surface area contributed by atoms with E-state index in [0.29, 0.717) is 0 Å². The minimum atomic E-state index is 0.135. The van der Waals surface area contributed by atoms with Crippen LogP contribution in [0.3, 0.4) is 0 Å². The molecule has 0 radical (unpaired) electrons. The molecule has 1 aliphatic rings. The van der Waals surface area contributed by atoms with Gasteiger partial charge in [-0.15, -0.1) is 5.10 Å². The number of aryl methyl sites for hydroxylation is 1. The van der Waals surface area contributed by atoms with Crippen LogP contribution in [-0.4, -0.2) is 28.7 Å². The van der Waals surface area contributed by atoms with Gasteiger partial charge in [-0.2, -0.15) is 0 Å². The fourth-order valence-corrected chi connectivity index (χ4v) is 1.43. The van der Waals surface area contributed by atoms with Crippen molar-refractivity contribution in [3.05, 3.63) is 11.9 Å². The predicted molar refractivity (Wildman–Crippen MR) is 43.8 cm³/mol. The predicted octanol–water partition coefficient (Wildman–Crippen LogP) is 0.722. The van der Waals surface area contributed by atoms with Gasteiger partial charge in [0.1, 0.15) is 0 Å². The molecule has 12 heavy (non-hydrogen) atoms. The number of rotatable bonds is 3. The van der Waals surface area contributed by atoms with Crippen LogP contribution in [0.4, 0.5) is 0 Å². The number of hydrogen-bond donors (Lipinski definition) is 0. The van der Waals surface area contributed by atoms with Crippen molar-refractivity contribution in [3.63, 3.8) is 0 Å². The Labute approximate surface area is 71.5 Å². The highest BCUT2D eigenvalue weighted by Crippen LogP contribution is 2.42. The second kappa shape index (κ2) is 2.55. The summed E-state index contributed by atoms with van der Waals surface area (Å²) in [6.45, 7) is 2.70. The summed E-state index contributed by atoms with van der Waals surface area (Å²) in [5.74, 6) is 0. The molecule has 1 aliphatic carbocycles. The fourth-order valence-electron chi connectivity index (χ4n) is 1.43. The van der Waals surface area contributed by atoms with Crippen molar-refractivity contribution in [2.45, 2.75) is 25.3 Å². The third-order valence-electron chi connectivity index (χ3n) is 2.33. The zero-order chi connectivity index (χ0) is 8.60. The van der Waals surface area contributed by atoms with Crippen LogP contribution in [-0.2, 0) is 10.3 Å². The van der Waals surface area contributed by atoms with Crippen LogP contribution >= 0.6 is 0 Å². The Hall–Kier alpha value is -0.900. The first-order valence-corrected chi connectivity index (χ1v) is 4.15. The molecule has 0 aromatic carbocycles. The van der Waals surface area contributed by atoms with Gasteiger partial charge in [-0.3, -0.25) is 0 Å². The summed E-state index contributed by atoms with van der Waals surface area (Å²) < 4.78 is 7.08. The van der Waals surface area contributed by atoms with Crippen LogP contribution in [0.5, 0.6) is 0 Å². The van der Waals surface area contributed by atoms with E-state index in [1.165, 1.54) is 0 Å². The Morgan fingerprint density at radius 1 is 1.67 bits per heavy atom. The van der Waals surface area contributed by atoms with Gasteiger partial charge in [0.15, 0.2) is 0 Å². The molecule has 4 nitrogen and oxygen atoms in total. The highest BCUT2D eigenvalue weighted by atomic mass is 16.5. The normalized spacial score (nSPS) is 19.5. The molecule has 4 heteroatoms. The van der Waals surface area contributed by atoms with Crippen molar-refractivity contribution in [1.29, 1.82) is 0 Å². The molecular weight excluding hydrogens is 154 g/mol. The molecule has 0 unspecified atom stereocenters. The monoisotopic (exact) mass is 167 g/mol. The Kier molecular flexibility index (Phi) is 1.65. The number of hydrogen-bond acceptors (Lipinski definition) is 3. The maximum atomic E-state index is 5.14. The summed E-state index contributed by atoms with van der Waals surface area (Å²) in [5.41, 5.74) is 1.10. The van der Waals surface area contributed by atoms with Crippen LogP contribution in [0, 0.1) is 6.92 Å². The van der Waals surface area contributed by atoms with Gasteiger partial charge in [-0.25, -0.2) is 4.68 Å². The zero-order valence-corrected chi connectivity index (χ0v) is 7.45. The molecule has 0 atom stereocenters. The van der Waals surface area contributed by atoms with Gasteiger partial charge in [0.05, 0.1) is 17.8 Å². The van der Waals surface area contributed by atoms with Crippen molar-refractivity contribution in [1.82, 2.24) is 15.0 Å². The molecule has 1 fully saturated rings. The molecule has 2 rings (SSSR count). The molecule has 0 aliphatic heterocycles. The molecule has 0 N–H and O–H groups in total. The fraction of sp³-hybridized carbons (Fsp3) is 0.750. The lowest BCUT2D eigenvalue weighted by Crippen LogP contribution is -2.23. The first-order chi connectivity index (χ1) is 5.77. The Bertz CT molecular complexity index is 278. The summed E-state index contributed by atoms with van der Waals surface area (Å²) in [5, 5.41) is 8.02. The largest absolute Gasteiger partial charge is 0.382 e. The van der Waals surface area contributed by atoms with Crippen molar-refractivity contribution < 1.29 is 4.74 Å². The lowest BCUT2D eigenvalue weighted by Gasteiger charge is -2.12. The average molecular weight is 167 g/mol. The minimum Gasteiger partial charge on any atom is -0.382 e. The van der Waals surface area contributed by atoms with E-state index in [1.807, 2.05) is 17.8 Å². The van der Waals surface area contributed by atoms with Crippen molar-refractivity contribution in [2.24, 2.45) is 0 Å². The molecule has 1 aromatic rings. The molecule has 66 valence electrons. The van der Waals surface area contributed by atoms with Crippen LogP contribution in [0.2, 0.25) is 0 Å². The van der Waals surface area contributed by atoms with Crippen LogP contribution in [0.25, 0.3) is 0 Å². The van der Waals surface area contributed by atoms with Gasteiger partial charge in [0.2, 0.25) is 0 Å². The van der Waals surface area contributed by atoms with Crippen molar-refractivity contribution in [2.75, 3.05) is 13.7 Å². The molecular formula is C8H13N3O. The second-order valence-electron chi connectivity index (χ2n) is 3.46. The standard InChI is InChI=1S/C8H13N3O/c1-7-5-11(10-9-7)8(3-4-8)6-12-2/h5H,3-4,6H2,1-2H3. The quantitative estimate of drug-likeness (QED) is 0.666. The molecule has 1 saturated carbocycles. The lowest BCUT2D eigenvalue weighted by molar-refractivity contribution is 0.136. The summed E-state index contributed by atoms with van der Waals surface area (Å²) in [7, 11) is 1.73. The molecule has 0 amide bonds. The topological polar surface area (TPSA) is 39.9 Å². The van der Waals surface area contributed by atoms with E-state index in [2.05, 4.69) is 10.3 Å². The maximum Gasteiger partial charge on any atom is 0.0879 e. The van der Waals surface area contributed by atoms with Gasteiger partial charge < -0.3 is 4.74 Å². The van der Waals surface area contributed by atoms with Crippen LogP contribution in [0.1, 0.15) is 18.5 Å². The number of nitrogens with zero attached hydrogens (tertiary/aromatic N) is 3. The summed E-state index contributed by atoms with van der Waals surface area (Å²) >= 11 is 0. The summed E-state index contributed by atoms with van der Waals surface area (Å²) in [4.78, 5) is 0. The maximum absolute atomic E-state index is 5.14. The van der Waals surface area contributed by atoms with E-state index < -0.39 is 0 Å². The van der Waals surface area contributed by atoms with E-state index in [0.717, 1.165) is 25.1 Å². The highest BCUT2D eigenvalue weighted by Gasteiger charge is 2.45. The van der Waals surface area contributed by atoms with Gasteiger partial charge in [-0.1, -0.05) is 5.21 Å². The minimum absolute atomic E-state index is 0.135. The van der Waals surface area contributed by atoms with Gasteiger partial charge in [-0.05, 0) is 19.8 Å². The van der Waals surface area contributed by atoms with E-state index in [-0.39, 0.29) is 5.54 Å². The smallest absolute Gasteiger partial charge is 0.0879 e. The molecule has 0 spiro atoms. The Morgan fingerprint density at radius 3 is 2.83 bits per heavy atom. The van der Waals surface area contributed by atoms with E-state index in [1.54, 1.807) is 7.11 Å². The molecule has 1 aromatic heterocycles. The molecule has 1 heterocycles. The molecule has 0 saturated heterocycles. The number of methoxy groups -OCH3 is 1. The van der Waals surface area contributed by atoms with E-state index in [9.17, 15) is 0 Å². The van der Waals surface area contributed by atoms with E-state index >= 15 is 0 Å². The Morgan fingerprint density at radius 2 is 2.42 bits per heavy atom. The third-order valence-corrected chi connectivity index (χ3v) is 2.33. The Balaban J connectivity index is 2.18. The molecule has 0 bridgehead atoms. The van der Waals surface area contributed by atoms with E-state index in [4.69, 9.17) is 4.74 Å². The second-order valence-corrected chi connectivity index (χ2v) is 3.46. The van der Waals surface area contributed by atoms with Gasteiger partial charge in [0, 0.05) is 13.3 Å². The number of ether oxygens (including phenoxy) is 1. The van der Waals surface area contributed by atoms with Gasteiger partial charge >= 0.3 is 0 Å². The van der Waals surface area contributed by atoms with Crippen molar-refractivity contribution in [3.8, 4) is 0 Å². The van der Waals surface area contributed by atoms with Crippen molar-refractivity contribution >= 4 is 0 Å². The zero-order valence-electron chi connectivity index (χ0n) is 7.45. The van der Waals surface area contributed by atoms with Crippen LogP contribution in [0.15, 0.2) is 6.20 Å². The first kappa shape index (κ1) is 7.73. The average Bonchev–Trinajstić information content (AvgIpc) is 2.69. The van der Waals surface area contributed by atoms with Crippen LogP contribution < -0.4 is 0 Å². The first-order valence-electron chi connectivity index (χ1n) is 4.15. The lowest BCUT2D eigenvalue weighted by atomic mass is 10.3. The highest BCUT2D eigenvalue weighted by molar-refractivity contribution is 5.02. The third kappa shape index (κ3) is 1.12. The van der Waals surface area contributed by atoms with Gasteiger partial charge in [0.25, 0.3) is 0 Å². The number of aromatic nitrogens is 3. The summed E-state index contributed by atoms with van der Waals surface area (Å²) in [6, 6.07) is 0. The summed E-state index contributed by atoms with van der Waals surface area (Å²) in [6.07, 6.45) is 4.29. The SMILES string of the molecule is COCC1(n2cc(C)nn2)CC1.